The fraction of sp³-hybridized carbons (Fsp3) is 0.118. The largest absolute Gasteiger partial charge is 0.343 e. The van der Waals surface area contributed by atoms with Crippen LogP contribution in [-0.4, -0.2) is 15.0 Å². The van der Waals surface area contributed by atoms with Gasteiger partial charge in [0.25, 0.3) is 5.56 Å². The van der Waals surface area contributed by atoms with Gasteiger partial charge in [0, 0.05) is 30.4 Å². The molecule has 0 aliphatic carbocycles. The summed E-state index contributed by atoms with van der Waals surface area (Å²) in [7, 11) is 0. The molecule has 3 rings (SSSR count). The van der Waals surface area contributed by atoms with E-state index in [1.807, 2.05) is 19.1 Å². The van der Waals surface area contributed by atoms with E-state index >= 15 is 0 Å². The summed E-state index contributed by atoms with van der Waals surface area (Å²) < 4.78 is 0. The van der Waals surface area contributed by atoms with E-state index in [2.05, 4.69) is 39.2 Å². The van der Waals surface area contributed by atoms with Crippen molar-refractivity contribution in [2.75, 3.05) is 0 Å². The average Bonchev–Trinajstić information content (AvgIpc) is 2.50. The number of hydrogen-bond acceptors (Lipinski definition) is 3. The summed E-state index contributed by atoms with van der Waals surface area (Å²) in [6.07, 6.45) is 4.01. The molecular formula is C17H15N3O. The number of rotatable bonds is 3. The van der Waals surface area contributed by atoms with Gasteiger partial charge in [-0.2, -0.15) is 4.98 Å². The zero-order valence-corrected chi connectivity index (χ0v) is 11.7. The van der Waals surface area contributed by atoms with Crippen LogP contribution in [0.15, 0.2) is 59.7 Å². The Morgan fingerprint density at radius 1 is 1.05 bits per heavy atom. The van der Waals surface area contributed by atoms with Crippen molar-refractivity contribution in [2.45, 2.75) is 13.3 Å². The van der Waals surface area contributed by atoms with Gasteiger partial charge in [0.15, 0.2) is 0 Å². The van der Waals surface area contributed by atoms with Crippen molar-refractivity contribution >= 4 is 0 Å². The van der Waals surface area contributed by atoms with Crippen molar-refractivity contribution in [3.8, 4) is 11.3 Å². The van der Waals surface area contributed by atoms with E-state index in [-0.39, 0.29) is 5.56 Å². The number of H-pyrrole nitrogens is 1. The molecule has 0 saturated heterocycles. The van der Waals surface area contributed by atoms with Crippen LogP contribution in [0.25, 0.3) is 11.3 Å². The minimum absolute atomic E-state index is 0.234. The molecule has 3 aromatic rings. The predicted molar refractivity (Wildman–Crippen MR) is 82.1 cm³/mol. The first kappa shape index (κ1) is 13.2. The van der Waals surface area contributed by atoms with Gasteiger partial charge in [0.05, 0.1) is 5.69 Å². The molecule has 0 atom stereocenters. The van der Waals surface area contributed by atoms with Crippen LogP contribution in [0, 0.1) is 6.92 Å². The lowest BCUT2D eigenvalue weighted by Gasteiger charge is -2.06. The lowest BCUT2D eigenvalue weighted by molar-refractivity contribution is 0.949. The molecule has 4 nitrogen and oxygen atoms in total. The van der Waals surface area contributed by atoms with Gasteiger partial charge in [-0.25, -0.2) is 0 Å². The molecule has 104 valence electrons. The van der Waals surface area contributed by atoms with Gasteiger partial charge in [-0.05, 0) is 24.6 Å². The Kier molecular flexibility index (Phi) is 3.60. The molecule has 1 aromatic carbocycles. The minimum Gasteiger partial charge on any atom is -0.343 e. The Labute approximate surface area is 122 Å². The van der Waals surface area contributed by atoms with Crippen LogP contribution in [0.1, 0.15) is 17.0 Å². The molecule has 21 heavy (non-hydrogen) atoms. The monoisotopic (exact) mass is 277 g/mol. The second kappa shape index (κ2) is 5.71. The maximum absolute atomic E-state index is 11.8. The van der Waals surface area contributed by atoms with Crippen LogP contribution in [0.2, 0.25) is 0 Å². The quantitative estimate of drug-likeness (QED) is 0.800. The number of aromatic nitrogens is 3. The maximum Gasteiger partial charge on any atom is 0.273 e. The summed E-state index contributed by atoms with van der Waals surface area (Å²) in [6.45, 7) is 2.05. The highest BCUT2D eigenvalue weighted by Crippen LogP contribution is 2.14. The van der Waals surface area contributed by atoms with E-state index in [1.54, 1.807) is 12.4 Å². The summed E-state index contributed by atoms with van der Waals surface area (Å²) in [5.41, 5.74) is 3.79. The molecule has 0 aliphatic heterocycles. The van der Waals surface area contributed by atoms with E-state index in [4.69, 9.17) is 0 Å². The molecule has 2 aromatic heterocycles. The molecule has 0 bridgehead atoms. The summed E-state index contributed by atoms with van der Waals surface area (Å²) in [4.78, 5) is 23.0. The molecule has 0 amide bonds. The standard InChI is InChI=1S/C17H15N3O/c1-12-2-4-13(5-3-12)10-16-19-15(11-17(21)20-16)14-6-8-18-9-7-14/h2-9,11H,10H2,1H3,(H,19,20,21). The van der Waals surface area contributed by atoms with Crippen LogP contribution in [0.3, 0.4) is 0 Å². The highest BCUT2D eigenvalue weighted by Gasteiger charge is 2.04. The molecule has 1 N–H and O–H groups in total. The molecular weight excluding hydrogens is 262 g/mol. The topological polar surface area (TPSA) is 58.6 Å². The van der Waals surface area contributed by atoms with Crippen LogP contribution in [-0.2, 0) is 6.42 Å². The molecule has 4 heteroatoms. The number of pyridine rings is 1. The molecule has 0 radical (unpaired) electrons. The van der Waals surface area contributed by atoms with Crippen molar-refractivity contribution in [3.63, 3.8) is 0 Å². The van der Waals surface area contributed by atoms with Gasteiger partial charge in [0.2, 0.25) is 0 Å². The highest BCUT2D eigenvalue weighted by atomic mass is 16.1. The van der Waals surface area contributed by atoms with Gasteiger partial charge >= 0.3 is 0 Å². The number of hydrogen-bond donors (Lipinski definition) is 1. The lowest BCUT2D eigenvalue weighted by Crippen LogP contribution is -2.11. The third-order valence-electron chi connectivity index (χ3n) is 3.28. The first-order chi connectivity index (χ1) is 10.2. The molecule has 0 aliphatic rings. The molecule has 0 spiro atoms. The number of aromatic amines is 1. The maximum atomic E-state index is 11.8. The zero-order chi connectivity index (χ0) is 14.7. The Morgan fingerprint density at radius 2 is 1.76 bits per heavy atom. The van der Waals surface area contributed by atoms with Gasteiger partial charge in [0.1, 0.15) is 5.82 Å². The molecule has 0 unspecified atom stereocenters. The van der Waals surface area contributed by atoms with Crippen LogP contribution < -0.4 is 5.56 Å². The normalized spacial score (nSPS) is 10.5. The second-order valence-electron chi connectivity index (χ2n) is 4.98. The van der Waals surface area contributed by atoms with E-state index in [0.717, 1.165) is 16.8 Å². The smallest absolute Gasteiger partial charge is 0.273 e. The van der Waals surface area contributed by atoms with E-state index in [9.17, 15) is 4.79 Å². The number of nitrogens with zero attached hydrogens (tertiary/aromatic N) is 2. The van der Waals surface area contributed by atoms with Crippen LogP contribution >= 0.6 is 0 Å². The third kappa shape index (κ3) is 3.23. The predicted octanol–water partition coefficient (Wildman–Crippen LogP) is 2.73. The third-order valence-corrected chi connectivity index (χ3v) is 3.28. The summed E-state index contributed by atoms with van der Waals surface area (Å²) in [5.74, 6) is 0.665. The number of nitrogens with one attached hydrogen (secondary N) is 1. The first-order valence-corrected chi connectivity index (χ1v) is 6.77. The Balaban J connectivity index is 1.95. The molecule has 2 heterocycles. The highest BCUT2D eigenvalue weighted by molar-refractivity contribution is 5.57. The van der Waals surface area contributed by atoms with Crippen LogP contribution in [0.5, 0.6) is 0 Å². The fourth-order valence-electron chi connectivity index (χ4n) is 2.18. The summed E-state index contributed by atoms with van der Waals surface area (Å²) >= 11 is 0. The number of benzene rings is 1. The van der Waals surface area contributed by atoms with Crippen molar-refractivity contribution < 1.29 is 0 Å². The fourth-order valence-corrected chi connectivity index (χ4v) is 2.18. The molecule has 0 fully saturated rings. The van der Waals surface area contributed by atoms with Crippen molar-refractivity contribution in [1.82, 2.24) is 15.0 Å². The minimum atomic E-state index is -0.234. The van der Waals surface area contributed by atoms with E-state index in [1.165, 1.54) is 11.6 Å². The zero-order valence-electron chi connectivity index (χ0n) is 11.7. The van der Waals surface area contributed by atoms with E-state index in [0.29, 0.717) is 12.2 Å². The summed E-state index contributed by atoms with van der Waals surface area (Å²) in [5, 5.41) is 0. The first-order valence-electron chi connectivity index (χ1n) is 6.77. The van der Waals surface area contributed by atoms with Gasteiger partial charge in [-0.3, -0.25) is 9.78 Å². The van der Waals surface area contributed by atoms with Crippen molar-refractivity contribution in [3.05, 3.63) is 82.2 Å². The lowest BCUT2D eigenvalue weighted by atomic mass is 10.1. The Hall–Kier alpha value is -2.75. The van der Waals surface area contributed by atoms with Gasteiger partial charge in [-0.1, -0.05) is 29.8 Å². The Bertz CT molecular complexity index is 792. The Morgan fingerprint density at radius 3 is 2.48 bits per heavy atom. The van der Waals surface area contributed by atoms with Gasteiger partial charge < -0.3 is 4.98 Å². The number of aryl methyl sites for hydroxylation is 1. The SMILES string of the molecule is Cc1ccc(Cc2nc(=O)cc(-c3ccncc3)[nH]2)cc1. The van der Waals surface area contributed by atoms with E-state index < -0.39 is 0 Å². The second-order valence-corrected chi connectivity index (χ2v) is 4.98. The van der Waals surface area contributed by atoms with Crippen molar-refractivity contribution in [1.29, 1.82) is 0 Å². The van der Waals surface area contributed by atoms with Crippen molar-refractivity contribution in [2.24, 2.45) is 0 Å². The molecule has 0 saturated carbocycles. The summed E-state index contributed by atoms with van der Waals surface area (Å²) in [6, 6.07) is 13.4. The van der Waals surface area contributed by atoms with Gasteiger partial charge in [-0.15, -0.1) is 0 Å². The average molecular weight is 277 g/mol. The van der Waals surface area contributed by atoms with Crippen LogP contribution in [0.4, 0.5) is 0 Å².